The van der Waals surface area contributed by atoms with Crippen LogP contribution in [0.1, 0.15) is 32.0 Å². The van der Waals surface area contributed by atoms with Gasteiger partial charge in [0, 0.05) is 16.4 Å². The minimum Gasteiger partial charge on any atom is -0.306 e. The molecular weight excluding hydrogens is 312 g/mol. The van der Waals surface area contributed by atoms with Gasteiger partial charge in [-0.25, -0.2) is 4.98 Å². The summed E-state index contributed by atoms with van der Waals surface area (Å²) >= 11 is 4.94. The lowest BCUT2D eigenvalue weighted by Crippen LogP contribution is -2.22. The molecule has 2 aromatic rings. The number of thiophene rings is 1. The normalized spacial score (nSPS) is 11.8. The lowest BCUT2D eigenvalue weighted by atomic mass is 9.92. The Hall–Kier alpha value is -0.940. The number of hydrogen-bond donors (Lipinski definition) is 1. The third-order valence-electron chi connectivity index (χ3n) is 2.68. The third kappa shape index (κ3) is 2.42. The van der Waals surface area contributed by atoms with Gasteiger partial charge in [0.15, 0.2) is 0 Å². The maximum atomic E-state index is 12.0. The van der Waals surface area contributed by atoms with Crippen molar-refractivity contribution in [3.05, 3.63) is 36.8 Å². The summed E-state index contributed by atoms with van der Waals surface area (Å²) in [5.74, 6) is 0.645. The van der Waals surface area contributed by atoms with Crippen LogP contribution in [-0.4, -0.2) is 9.97 Å². The molecule has 0 spiro atoms. The molecule has 0 saturated carbocycles. The molecule has 0 aliphatic rings. The van der Waals surface area contributed by atoms with Gasteiger partial charge in [0.05, 0.1) is 5.69 Å². The third-order valence-corrected chi connectivity index (χ3v) is 4.28. The zero-order valence-corrected chi connectivity index (χ0v) is 13.2. The van der Waals surface area contributed by atoms with Crippen LogP contribution < -0.4 is 5.56 Å². The molecule has 0 aliphatic carbocycles. The molecule has 0 aliphatic heterocycles. The molecule has 1 N–H and O–H groups in total. The Kier molecular flexibility index (Phi) is 3.47. The summed E-state index contributed by atoms with van der Waals surface area (Å²) < 4.78 is 0.520. The Labute approximate surface area is 118 Å². The largest absolute Gasteiger partial charge is 0.306 e. The van der Waals surface area contributed by atoms with E-state index in [-0.39, 0.29) is 11.0 Å². The number of aromatic amines is 1. The Bertz CT molecular complexity index is 637. The Morgan fingerprint density at radius 3 is 2.50 bits per heavy atom. The van der Waals surface area contributed by atoms with E-state index in [2.05, 4.69) is 25.9 Å². The van der Waals surface area contributed by atoms with Crippen LogP contribution in [0.15, 0.2) is 20.0 Å². The van der Waals surface area contributed by atoms with Crippen LogP contribution in [0.25, 0.3) is 11.4 Å². The molecule has 0 bridgehead atoms. The average molecular weight is 327 g/mol. The molecule has 0 amide bonds. The fraction of sp³-hybridized carbons (Fsp3) is 0.385. The zero-order valence-electron chi connectivity index (χ0n) is 10.8. The van der Waals surface area contributed by atoms with E-state index in [1.54, 1.807) is 11.3 Å². The number of halogens is 1. The average Bonchev–Trinajstić information content (AvgIpc) is 2.66. The van der Waals surface area contributed by atoms with Gasteiger partial charge in [-0.3, -0.25) is 4.79 Å². The summed E-state index contributed by atoms with van der Waals surface area (Å²) in [5, 5.41) is 4.06. The Balaban J connectivity index is 2.70. The van der Waals surface area contributed by atoms with Crippen molar-refractivity contribution in [3.63, 3.8) is 0 Å². The smallest absolute Gasteiger partial charge is 0.265 e. The number of aromatic nitrogens is 2. The topological polar surface area (TPSA) is 45.8 Å². The number of H-pyrrole nitrogens is 1. The molecular formula is C13H15BrN2OS. The van der Waals surface area contributed by atoms with Gasteiger partial charge in [0.25, 0.3) is 5.56 Å². The van der Waals surface area contributed by atoms with Crippen LogP contribution in [0.2, 0.25) is 0 Å². The van der Waals surface area contributed by atoms with Gasteiger partial charge in [0.1, 0.15) is 10.3 Å². The molecule has 2 heterocycles. The van der Waals surface area contributed by atoms with Crippen LogP contribution in [0.4, 0.5) is 0 Å². The van der Waals surface area contributed by atoms with Crippen LogP contribution in [0.3, 0.4) is 0 Å². The Morgan fingerprint density at radius 1 is 1.33 bits per heavy atom. The molecule has 5 heteroatoms. The highest BCUT2D eigenvalue weighted by atomic mass is 79.9. The van der Waals surface area contributed by atoms with Gasteiger partial charge in [-0.05, 0) is 33.8 Å². The predicted octanol–water partition coefficient (Wildman–Crippen LogP) is 3.87. The molecule has 3 nitrogen and oxygen atoms in total. The molecule has 0 aromatic carbocycles. The first kappa shape index (κ1) is 13.5. The van der Waals surface area contributed by atoms with Crippen molar-refractivity contribution in [2.24, 2.45) is 0 Å². The highest BCUT2D eigenvalue weighted by Gasteiger charge is 2.22. The zero-order chi connectivity index (χ0) is 13.5. The second kappa shape index (κ2) is 4.63. The number of aryl methyl sites for hydroxylation is 1. The van der Waals surface area contributed by atoms with Crippen molar-refractivity contribution >= 4 is 27.3 Å². The van der Waals surface area contributed by atoms with Gasteiger partial charge in [-0.1, -0.05) is 20.8 Å². The maximum absolute atomic E-state index is 12.0. The van der Waals surface area contributed by atoms with E-state index in [0.717, 1.165) is 16.8 Å². The van der Waals surface area contributed by atoms with Gasteiger partial charge in [-0.15, -0.1) is 0 Å². The monoisotopic (exact) mass is 326 g/mol. The van der Waals surface area contributed by atoms with Crippen LogP contribution in [0, 0.1) is 6.92 Å². The lowest BCUT2D eigenvalue weighted by Gasteiger charge is -2.19. The van der Waals surface area contributed by atoms with Gasteiger partial charge in [0.2, 0.25) is 0 Å². The van der Waals surface area contributed by atoms with E-state index < -0.39 is 0 Å². The van der Waals surface area contributed by atoms with Crippen molar-refractivity contribution < 1.29 is 0 Å². The van der Waals surface area contributed by atoms with E-state index >= 15 is 0 Å². The molecule has 0 fully saturated rings. The minimum absolute atomic E-state index is 0.129. The Morgan fingerprint density at radius 2 is 2.00 bits per heavy atom. The minimum atomic E-state index is -0.175. The molecule has 96 valence electrons. The quantitative estimate of drug-likeness (QED) is 0.864. The molecule has 0 atom stereocenters. The summed E-state index contributed by atoms with van der Waals surface area (Å²) in [7, 11) is 0. The standard InChI is InChI=1S/C13H15BrN2OS/c1-7-5-18-6-8(7)11-15-10(13(2,3)4)9(14)12(17)16-11/h5-6H,1-4H3,(H,15,16,17). The summed E-state index contributed by atoms with van der Waals surface area (Å²) in [5.41, 5.74) is 2.61. The van der Waals surface area contributed by atoms with Gasteiger partial charge in [-0.2, -0.15) is 11.3 Å². The lowest BCUT2D eigenvalue weighted by molar-refractivity contribution is 0.562. The van der Waals surface area contributed by atoms with E-state index in [1.165, 1.54) is 0 Å². The first-order valence-corrected chi connectivity index (χ1v) is 7.37. The number of rotatable bonds is 1. The molecule has 0 saturated heterocycles. The fourth-order valence-electron chi connectivity index (χ4n) is 1.69. The van der Waals surface area contributed by atoms with Crippen LogP contribution in [0.5, 0.6) is 0 Å². The summed E-state index contributed by atoms with van der Waals surface area (Å²) in [6.45, 7) is 8.15. The van der Waals surface area contributed by atoms with Crippen molar-refractivity contribution in [2.45, 2.75) is 33.1 Å². The van der Waals surface area contributed by atoms with Crippen molar-refractivity contribution in [1.82, 2.24) is 9.97 Å². The van der Waals surface area contributed by atoms with Gasteiger partial charge < -0.3 is 4.98 Å². The molecule has 18 heavy (non-hydrogen) atoms. The van der Waals surface area contributed by atoms with Crippen molar-refractivity contribution in [2.75, 3.05) is 0 Å². The molecule has 0 radical (unpaired) electrons. The molecule has 2 rings (SSSR count). The van der Waals surface area contributed by atoms with Crippen LogP contribution in [-0.2, 0) is 5.41 Å². The summed E-state index contributed by atoms with van der Waals surface area (Å²) in [6.07, 6.45) is 0. The number of nitrogens with zero attached hydrogens (tertiary/aromatic N) is 1. The fourth-order valence-corrected chi connectivity index (χ4v) is 3.30. The van der Waals surface area contributed by atoms with Crippen LogP contribution >= 0.6 is 27.3 Å². The van der Waals surface area contributed by atoms with Gasteiger partial charge >= 0.3 is 0 Å². The van der Waals surface area contributed by atoms with E-state index in [9.17, 15) is 4.79 Å². The highest BCUT2D eigenvalue weighted by Crippen LogP contribution is 2.29. The second-order valence-corrected chi connectivity index (χ2v) is 6.83. The highest BCUT2D eigenvalue weighted by molar-refractivity contribution is 9.10. The first-order chi connectivity index (χ1) is 8.30. The number of nitrogens with one attached hydrogen (secondary N) is 1. The van der Waals surface area contributed by atoms with E-state index in [0.29, 0.717) is 10.3 Å². The van der Waals surface area contributed by atoms with Crippen molar-refractivity contribution in [3.8, 4) is 11.4 Å². The number of hydrogen-bond acceptors (Lipinski definition) is 3. The SMILES string of the molecule is Cc1cscc1-c1nc(C(C)(C)C)c(Br)c(=O)[nH]1. The molecule has 2 aromatic heterocycles. The first-order valence-electron chi connectivity index (χ1n) is 5.64. The summed E-state index contributed by atoms with van der Waals surface area (Å²) in [4.78, 5) is 19.4. The predicted molar refractivity (Wildman–Crippen MR) is 79.3 cm³/mol. The van der Waals surface area contributed by atoms with E-state index in [1.807, 2.05) is 38.5 Å². The maximum Gasteiger partial charge on any atom is 0.265 e. The van der Waals surface area contributed by atoms with Crippen molar-refractivity contribution in [1.29, 1.82) is 0 Å². The molecule has 0 unspecified atom stereocenters. The second-order valence-electron chi connectivity index (χ2n) is 5.30. The summed E-state index contributed by atoms with van der Waals surface area (Å²) in [6, 6.07) is 0. The van der Waals surface area contributed by atoms with E-state index in [4.69, 9.17) is 0 Å².